The van der Waals surface area contributed by atoms with Gasteiger partial charge in [0.1, 0.15) is 11.3 Å². The summed E-state index contributed by atoms with van der Waals surface area (Å²) in [6.07, 6.45) is 3.33. The van der Waals surface area contributed by atoms with E-state index >= 15 is 0 Å². The number of ether oxygens (including phenoxy) is 1. The van der Waals surface area contributed by atoms with Gasteiger partial charge in [-0.3, -0.25) is 0 Å². The lowest BCUT2D eigenvalue weighted by molar-refractivity contribution is 0.235. The highest BCUT2D eigenvalue weighted by Gasteiger charge is 2.11. The maximum absolute atomic E-state index is 12.1. The van der Waals surface area contributed by atoms with Crippen molar-refractivity contribution in [1.82, 2.24) is 4.90 Å². The van der Waals surface area contributed by atoms with E-state index < -0.39 is 0 Å². The van der Waals surface area contributed by atoms with Crippen molar-refractivity contribution >= 4 is 21.7 Å². The molecule has 0 radical (unpaired) electrons. The van der Waals surface area contributed by atoms with Crippen LogP contribution in [0.3, 0.4) is 0 Å². The maximum Gasteiger partial charge on any atom is 0.344 e. The molecule has 0 saturated heterocycles. The van der Waals surface area contributed by atoms with Crippen LogP contribution in [-0.4, -0.2) is 31.1 Å². The summed E-state index contributed by atoms with van der Waals surface area (Å²) in [5.74, 6) is 0.778. The lowest BCUT2D eigenvalue weighted by Crippen LogP contribution is -2.27. The molecule has 1 aromatic heterocycles. The largest absolute Gasteiger partial charge is 0.493 e. The van der Waals surface area contributed by atoms with E-state index in [1.54, 1.807) is 6.07 Å². The zero-order valence-electron chi connectivity index (χ0n) is 15.7. The first-order valence-corrected chi connectivity index (χ1v) is 9.54. The fraction of sp³-hybridized carbons (Fsp3) is 0.409. The number of rotatable bonds is 9. The summed E-state index contributed by atoms with van der Waals surface area (Å²) in [4.78, 5) is 14.6. The second-order valence-corrected chi connectivity index (χ2v) is 6.61. The molecule has 3 rings (SSSR count). The molecule has 2 aromatic carbocycles. The van der Waals surface area contributed by atoms with E-state index in [1.807, 2.05) is 36.4 Å². The van der Waals surface area contributed by atoms with Crippen LogP contribution in [0.1, 0.15) is 33.1 Å². The lowest BCUT2D eigenvalue weighted by Gasteiger charge is -2.20. The lowest BCUT2D eigenvalue weighted by atomic mass is 10.1. The van der Waals surface area contributed by atoms with E-state index in [-0.39, 0.29) is 5.63 Å². The molecule has 0 fully saturated rings. The van der Waals surface area contributed by atoms with E-state index in [4.69, 9.17) is 9.15 Å². The number of benzene rings is 2. The van der Waals surface area contributed by atoms with Gasteiger partial charge in [-0.25, -0.2) is 4.79 Å². The molecule has 0 unspecified atom stereocenters. The van der Waals surface area contributed by atoms with Crippen LogP contribution >= 0.6 is 0 Å². The second-order valence-electron chi connectivity index (χ2n) is 6.61. The van der Waals surface area contributed by atoms with Gasteiger partial charge < -0.3 is 14.1 Å². The quantitative estimate of drug-likeness (QED) is 0.314. The smallest absolute Gasteiger partial charge is 0.344 e. The van der Waals surface area contributed by atoms with E-state index in [2.05, 4.69) is 18.7 Å². The van der Waals surface area contributed by atoms with Gasteiger partial charge in [0, 0.05) is 11.9 Å². The molecule has 1 heterocycles. The molecule has 0 aliphatic carbocycles. The van der Waals surface area contributed by atoms with Gasteiger partial charge in [-0.05, 0) is 50.6 Å². The van der Waals surface area contributed by atoms with Crippen molar-refractivity contribution in [2.24, 2.45) is 0 Å². The Hall–Kier alpha value is -2.33. The van der Waals surface area contributed by atoms with Crippen molar-refractivity contribution in [1.29, 1.82) is 0 Å². The molecule has 0 spiro atoms. The van der Waals surface area contributed by atoms with Crippen molar-refractivity contribution in [3.8, 4) is 5.75 Å². The fourth-order valence-corrected chi connectivity index (χ4v) is 3.45. The first-order valence-electron chi connectivity index (χ1n) is 9.54. The number of nitrogens with zero attached hydrogens (tertiary/aromatic N) is 1. The van der Waals surface area contributed by atoms with Gasteiger partial charge in [0.25, 0.3) is 0 Å². The Morgan fingerprint density at radius 3 is 2.38 bits per heavy atom. The zero-order chi connectivity index (χ0) is 18.4. The van der Waals surface area contributed by atoms with Crippen LogP contribution in [0.5, 0.6) is 5.75 Å². The summed E-state index contributed by atoms with van der Waals surface area (Å²) in [5, 5.41) is 2.35. The van der Waals surface area contributed by atoms with Crippen LogP contribution < -0.4 is 10.4 Å². The molecule has 0 bridgehead atoms. The monoisotopic (exact) mass is 353 g/mol. The molecular weight excluding hydrogens is 326 g/mol. The van der Waals surface area contributed by atoms with Crippen molar-refractivity contribution in [3.63, 3.8) is 0 Å². The van der Waals surface area contributed by atoms with Crippen LogP contribution in [0, 0.1) is 0 Å². The topological polar surface area (TPSA) is 42.7 Å². The van der Waals surface area contributed by atoms with Crippen molar-refractivity contribution < 1.29 is 9.15 Å². The fourth-order valence-electron chi connectivity index (χ4n) is 3.45. The molecule has 138 valence electrons. The summed E-state index contributed by atoms with van der Waals surface area (Å²) in [5.41, 5.74) is 0.268. The van der Waals surface area contributed by atoms with E-state index in [9.17, 15) is 4.79 Å². The standard InChI is InChI=1S/C22H27NO3/c1-3-13-23(14-4-2)15-8-16-25-19-11-7-12-20-21(19)17-9-5-6-10-18(17)22(24)26-20/h5-7,9-12H,3-4,8,13-16H2,1-2H3. The minimum atomic E-state index is -0.306. The predicted octanol–water partition coefficient (Wildman–Crippen LogP) is 4.84. The normalized spacial score (nSPS) is 11.5. The van der Waals surface area contributed by atoms with E-state index in [1.165, 1.54) is 12.8 Å². The van der Waals surface area contributed by atoms with Crippen LogP contribution in [0.4, 0.5) is 0 Å². The number of fused-ring (bicyclic) bond motifs is 3. The summed E-state index contributed by atoms with van der Waals surface area (Å²) in [6, 6.07) is 13.2. The SMILES string of the molecule is CCCN(CCC)CCCOc1cccc2oc(=O)c3ccccc3c12. The number of hydrogen-bond donors (Lipinski definition) is 0. The molecule has 0 amide bonds. The molecule has 0 saturated carbocycles. The van der Waals surface area contributed by atoms with Crippen LogP contribution in [0.2, 0.25) is 0 Å². The van der Waals surface area contributed by atoms with Gasteiger partial charge in [-0.2, -0.15) is 0 Å². The molecule has 26 heavy (non-hydrogen) atoms. The van der Waals surface area contributed by atoms with Crippen molar-refractivity contribution in [3.05, 3.63) is 52.9 Å². The molecule has 0 aliphatic heterocycles. The third kappa shape index (κ3) is 4.07. The summed E-state index contributed by atoms with van der Waals surface area (Å²) in [6.45, 7) is 8.40. The highest BCUT2D eigenvalue weighted by Crippen LogP contribution is 2.31. The number of hydrogen-bond acceptors (Lipinski definition) is 4. The van der Waals surface area contributed by atoms with Gasteiger partial charge in [0.2, 0.25) is 0 Å². The van der Waals surface area contributed by atoms with Crippen LogP contribution in [0.15, 0.2) is 51.7 Å². The summed E-state index contributed by atoms with van der Waals surface area (Å²) >= 11 is 0. The Labute approximate surface area is 154 Å². The molecule has 0 atom stereocenters. The molecule has 0 N–H and O–H groups in total. The molecule has 0 aliphatic rings. The minimum Gasteiger partial charge on any atom is -0.493 e. The summed E-state index contributed by atoms with van der Waals surface area (Å²) < 4.78 is 11.6. The molecule has 3 aromatic rings. The zero-order valence-corrected chi connectivity index (χ0v) is 15.7. The van der Waals surface area contributed by atoms with Crippen molar-refractivity contribution in [2.75, 3.05) is 26.2 Å². The van der Waals surface area contributed by atoms with Gasteiger partial charge in [-0.15, -0.1) is 0 Å². The Bertz CT molecular complexity index is 910. The summed E-state index contributed by atoms with van der Waals surface area (Å²) in [7, 11) is 0. The minimum absolute atomic E-state index is 0.306. The predicted molar refractivity (Wildman–Crippen MR) is 107 cm³/mol. The highest BCUT2D eigenvalue weighted by molar-refractivity contribution is 6.07. The Balaban J connectivity index is 1.78. The first kappa shape index (κ1) is 18.5. The van der Waals surface area contributed by atoms with Crippen molar-refractivity contribution in [2.45, 2.75) is 33.1 Å². The Morgan fingerprint density at radius 1 is 0.923 bits per heavy atom. The Kier molecular flexibility index (Phi) is 6.29. The average molecular weight is 353 g/mol. The van der Waals surface area contributed by atoms with Gasteiger partial charge >= 0.3 is 5.63 Å². The third-order valence-electron chi connectivity index (χ3n) is 4.56. The van der Waals surface area contributed by atoms with Gasteiger partial charge in [0.15, 0.2) is 0 Å². The molecule has 4 nitrogen and oxygen atoms in total. The first-order chi connectivity index (χ1) is 12.7. The average Bonchev–Trinajstić information content (AvgIpc) is 2.65. The van der Waals surface area contributed by atoms with E-state index in [0.29, 0.717) is 17.6 Å². The van der Waals surface area contributed by atoms with Crippen LogP contribution in [0.25, 0.3) is 21.7 Å². The van der Waals surface area contributed by atoms with Crippen LogP contribution in [-0.2, 0) is 0 Å². The molecular formula is C22H27NO3. The Morgan fingerprint density at radius 2 is 1.65 bits per heavy atom. The second kappa shape index (κ2) is 8.86. The van der Waals surface area contributed by atoms with Gasteiger partial charge in [0.05, 0.1) is 17.4 Å². The van der Waals surface area contributed by atoms with Gasteiger partial charge in [-0.1, -0.05) is 38.1 Å². The molecule has 4 heteroatoms. The highest BCUT2D eigenvalue weighted by atomic mass is 16.5. The third-order valence-corrected chi connectivity index (χ3v) is 4.56. The van der Waals surface area contributed by atoms with E-state index in [0.717, 1.165) is 42.6 Å². The maximum atomic E-state index is 12.1.